The van der Waals surface area contributed by atoms with Gasteiger partial charge in [0, 0.05) is 0 Å². The van der Waals surface area contributed by atoms with E-state index >= 15 is 0 Å². The largest absolute Gasteiger partial charge is 0.391 e. The molecule has 4 saturated carbocycles. The van der Waals surface area contributed by atoms with Crippen LogP contribution in [0, 0.1) is 40.4 Å². The zero-order valence-electron chi connectivity index (χ0n) is 14.6. The van der Waals surface area contributed by atoms with Gasteiger partial charge in [0.2, 0.25) is 0 Å². The topological polar surface area (TPSA) is 0 Å². The molecule has 4 fully saturated rings. The summed E-state index contributed by atoms with van der Waals surface area (Å²) in [4.78, 5) is 0. The van der Waals surface area contributed by atoms with Gasteiger partial charge >= 0.3 is 6.18 Å². The van der Waals surface area contributed by atoms with Gasteiger partial charge in [0.15, 0.2) is 0 Å². The highest BCUT2D eigenvalue weighted by Crippen LogP contribution is 2.67. The fraction of sp³-hybridized carbons (Fsp3) is 1.00. The Balaban J connectivity index is 1.56. The molecule has 4 aliphatic carbocycles. The lowest BCUT2D eigenvalue weighted by Gasteiger charge is -2.60. The van der Waals surface area contributed by atoms with E-state index in [4.69, 9.17) is 0 Å². The first-order valence-corrected chi connectivity index (χ1v) is 9.81. The summed E-state index contributed by atoms with van der Waals surface area (Å²) < 4.78 is 39.6. The zero-order valence-corrected chi connectivity index (χ0v) is 14.6. The summed E-state index contributed by atoms with van der Waals surface area (Å²) in [6, 6.07) is 0. The lowest BCUT2D eigenvalue weighted by Crippen LogP contribution is -2.53. The van der Waals surface area contributed by atoms with E-state index in [-0.39, 0.29) is 5.41 Å². The Morgan fingerprint density at radius 1 is 0.826 bits per heavy atom. The molecule has 0 aromatic heterocycles. The molecule has 0 bridgehead atoms. The average Bonchev–Trinajstić information content (AvgIpc) is 2.87. The van der Waals surface area contributed by atoms with Crippen molar-refractivity contribution >= 4 is 0 Å². The van der Waals surface area contributed by atoms with Gasteiger partial charge in [-0.05, 0) is 92.3 Å². The summed E-state index contributed by atoms with van der Waals surface area (Å²) in [7, 11) is 0. The van der Waals surface area contributed by atoms with Crippen molar-refractivity contribution < 1.29 is 13.2 Å². The molecule has 0 N–H and O–H groups in total. The van der Waals surface area contributed by atoms with Crippen LogP contribution in [0.3, 0.4) is 0 Å². The second-order valence-electron chi connectivity index (χ2n) is 9.75. The smallest absolute Gasteiger partial charge is 0.171 e. The van der Waals surface area contributed by atoms with Crippen molar-refractivity contribution in [3.05, 3.63) is 0 Å². The first-order chi connectivity index (χ1) is 10.7. The maximum absolute atomic E-state index is 13.2. The maximum Gasteiger partial charge on any atom is 0.391 e. The van der Waals surface area contributed by atoms with Crippen LogP contribution < -0.4 is 0 Å². The number of halogens is 3. The minimum absolute atomic E-state index is 0.189. The fourth-order valence-electron chi connectivity index (χ4n) is 7.55. The summed E-state index contributed by atoms with van der Waals surface area (Å²) in [6.07, 6.45) is 6.62. The normalized spacial score (nSPS) is 53.3. The van der Waals surface area contributed by atoms with Crippen LogP contribution in [-0.2, 0) is 0 Å². The van der Waals surface area contributed by atoms with Crippen LogP contribution in [0.1, 0.15) is 78.1 Å². The summed E-state index contributed by atoms with van der Waals surface area (Å²) in [5.41, 5.74) is 0.738. The molecule has 0 aromatic carbocycles. The molecule has 4 rings (SSSR count). The van der Waals surface area contributed by atoms with E-state index in [1.54, 1.807) is 0 Å². The molecule has 0 aromatic rings. The second kappa shape index (κ2) is 5.14. The molecule has 1 unspecified atom stereocenters. The van der Waals surface area contributed by atoms with Crippen LogP contribution >= 0.6 is 0 Å². The van der Waals surface area contributed by atoms with Crippen LogP contribution in [0.2, 0.25) is 0 Å². The fourth-order valence-corrected chi connectivity index (χ4v) is 7.55. The summed E-state index contributed by atoms with van der Waals surface area (Å²) in [6.45, 7) is 4.86. The van der Waals surface area contributed by atoms with Crippen molar-refractivity contribution in [2.45, 2.75) is 84.2 Å². The Morgan fingerprint density at radius 3 is 2.35 bits per heavy atom. The van der Waals surface area contributed by atoms with E-state index < -0.39 is 12.1 Å². The molecule has 0 radical (unpaired) electrons. The quantitative estimate of drug-likeness (QED) is 0.470. The number of fused-ring (bicyclic) bond motifs is 5. The van der Waals surface area contributed by atoms with Crippen molar-refractivity contribution in [3.63, 3.8) is 0 Å². The van der Waals surface area contributed by atoms with Gasteiger partial charge in [-0.15, -0.1) is 0 Å². The standard InChI is InChI=1S/C20H31F3/c1-18-9-3-4-16(18)15-6-5-13-12-14(20(21,22)23)7-11-19(13,2)17(15)8-10-18/h13-17H,3-12H2,1-2H3/t13-,14?,15+,16+,17+,18+,19+/m1/s1. The molecule has 0 aliphatic heterocycles. The predicted molar refractivity (Wildman–Crippen MR) is 85.9 cm³/mol. The molecule has 0 saturated heterocycles. The first kappa shape index (κ1) is 16.3. The molecule has 4 aliphatic rings. The Morgan fingerprint density at radius 2 is 1.61 bits per heavy atom. The SMILES string of the molecule is C[C@@]12CCC[C@H]1[C@@H]1CC[C@@H]3CC(C(F)(F)F)CC[C@]3(C)[C@H]1CC2. The maximum atomic E-state index is 13.2. The van der Waals surface area contributed by atoms with E-state index in [0.29, 0.717) is 30.1 Å². The minimum Gasteiger partial charge on any atom is -0.171 e. The lowest BCUT2D eigenvalue weighted by molar-refractivity contribution is -0.207. The molecule has 0 nitrogen and oxygen atoms in total. The van der Waals surface area contributed by atoms with Crippen molar-refractivity contribution in [1.82, 2.24) is 0 Å². The second-order valence-corrected chi connectivity index (χ2v) is 9.75. The summed E-state index contributed by atoms with van der Waals surface area (Å²) >= 11 is 0. The monoisotopic (exact) mass is 328 g/mol. The average molecular weight is 328 g/mol. The van der Waals surface area contributed by atoms with Crippen molar-refractivity contribution in [2.24, 2.45) is 40.4 Å². The van der Waals surface area contributed by atoms with E-state index in [1.807, 2.05) is 0 Å². The number of hydrogen-bond donors (Lipinski definition) is 0. The van der Waals surface area contributed by atoms with E-state index in [0.717, 1.165) is 24.7 Å². The molecule has 132 valence electrons. The van der Waals surface area contributed by atoms with Crippen LogP contribution in [0.25, 0.3) is 0 Å². The highest BCUT2D eigenvalue weighted by molar-refractivity contribution is 5.07. The van der Waals surface area contributed by atoms with Crippen molar-refractivity contribution in [1.29, 1.82) is 0 Å². The van der Waals surface area contributed by atoms with Crippen LogP contribution in [-0.4, -0.2) is 6.18 Å². The van der Waals surface area contributed by atoms with Crippen LogP contribution in [0.4, 0.5) is 13.2 Å². The van der Waals surface area contributed by atoms with Gasteiger partial charge in [-0.2, -0.15) is 13.2 Å². The van der Waals surface area contributed by atoms with Gasteiger partial charge in [-0.1, -0.05) is 20.3 Å². The summed E-state index contributed by atoms with van der Waals surface area (Å²) in [5.74, 6) is 1.65. The Kier molecular flexibility index (Phi) is 3.64. The van der Waals surface area contributed by atoms with Gasteiger partial charge in [-0.25, -0.2) is 0 Å². The molecule has 0 spiro atoms. The van der Waals surface area contributed by atoms with Crippen LogP contribution in [0.5, 0.6) is 0 Å². The third kappa shape index (κ3) is 2.39. The molecule has 0 heterocycles. The lowest BCUT2D eigenvalue weighted by atomic mass is 9.45. The van der Waals surface area contributed by atoms with Crippen molar-refractivity contribution in [2.75, 3.05) is 0 Å². The van der Waals surface area contributed by atoms with Gasteiger partial charge < -0.3 is 0 Å². The van der Waals surface area contributed by atoms with E-state index in [9.17, 15) is 13.2 Å². The highest BCUT2D eigenvalue weighted by Gasteiger charge is 2.59. The van der Waals surface area contributed by atoms with E-state index in [1.165, 1.54) is 38.5 Å². The molecular weight excluding hydrogens is 297 g/mol. The molecule has 7 atom stereocenters. The van der Waals surface area contributed by atoms with Crippen LogP contribution in [0.15, 0.2) is 0 Å². The number of hydrogen-bond acceptors (Lipinski definition) is 0. The van der Waals surface area contributed by atoms with Gasteiger partial charge in [0.05, 0.1) is 5.92 Å². The van der Waals surface area contributed by atoms with Gasteiger partial charge in [0.1, 0.15) is 0 Å². The Hall–Kier alpha value is -0.210. The Labute approximate surface area is 138 Å². The predicted octanol–water partition coefficient (Wildman–Crippen LogP) is 6.60. The number of alkyl halides is 3. The molecule has 3 heteroatoms. The van der Waals surface area contributed by atoms with Gasteiger partial charge in [0.25, 0.3) is 0 Å². The third-order valence-corrected chi connectivity index (χ3v) is 8.91. The van der Waals surface area contributed by atoms with Crippen molar-refractivity contribution in [3.8, 4) is 0 Å². The third-order valence-electron chi connectivity index (χ3n) is 8.91. The minimum atomic E-state index is -3.98. The van der Waals surface area contributed by atoms with Gasteiger partial charge in [-0.3, -0.25) is 0 Å². The molecule has 0 amide bonds. The highest BCUT2D eigenvalue weighted by atomic mass is 19.4. The van der Waals surface area contributed by atoms with E-state index in [2.05, 4.69) is 13.8 Å². The summed E-state index contributed by atoms with van der Waals surface area (Å²) in [5, 5.41) is 0. The zero-order chi connectivity index (χ0) is 16.5. The molecule has 23 heavy (non-hydrogen) atoms. The number of rotatable bonds is 0. The first-order valence-electron chi connectivity index (χ1n) is 9.81. The molecular formula is C20H31F3. The Bertz CT molecular complexity index is 470.